The van der Waals surface area contributed by atoms with E-state index in [1.165, 1.54) is 51.4 Å². The molecule has 0 aliphatic heterocycles. The van der Waals surface area contributed by atoms with Crippen molar-refractivity contribution in [3.05, 3.63) is 170 Å². The highest BCUT2D eigenvalue weighted by Gasteiger charge is 2.30. The quantitative estimate of drug-likeness (QED) is 0.0169. The largest absolute Gasteiger partial charge is 0.472 e. The molecule has 0 heterocycles. The van der Waals surface area contributed by atoms with E-state index in [1.54, 1.807) is 12.2 Å². The molecule has 0 fully saturated rings. The summed E-state index contributed by atoms with van der Waals surface area (Å²) in [4.78, 5) is 72.8. The van der Waals surface area contributed by atoms with Gasteiger partial charge in [0.1, 0.15) is 19.3 Å². The van der Waals surface area contributed by atoms with Gasteiger partial charge in [-0.05, 0) is 128 Å². The fourth-order valence-corrected chi connectivity index (χ4v) is 11.1. The molecular formula is C83H134O17P2. The van der Waals surface area contributed by atoms with Crippen molar-refractivity contribution in [3.8, 4) is 0 Å². The van der Waals surface area contributed by atoms with Gasteiger partial charge in [0.15, 0.2) is 12.2 Å². The van der Waals surface area contributed by atoms with Crippen molar-refractivity contribution in [2.45, 2.75) is 290 Å². The Bertz CT molecular complexity index is 2600. The molecule has 102 heavy (non-hydrogen) atoms. The number of phosphoric acid groups is 2. The van der Waals surface area contributed by atoms with E-state index >= 15 is 0 Å². The summed E-state index contributed by atoms with van der Waals surface area (Å²) in [6.07, 6.45) is 86.7. The molecule has 0 spiro atoms. The summed E-state index contributed by atoms with van der Waals surface area (Å²) < 4.78 is 68.3. The zero-order valence-corrected chi connectivity index (χ0v) is 64.8. The Morgan fingerprint density at radius 3 is 0.912 bits per heavy atom. The number of allylic oxidation sites excluding steroid dienone is 27. The maximum absolute atomic E-state index is 13.1. The lowest BCUT2D eigenvalue weighted by Crippen LogP contribution is -2.30. The van der Waals surface area contributed by atoms with Crippen LogP contribution >= 0.6 is 15.6 Å². The summed E-state index contributed by atoms with van der Waals surface area (Å²) in [7, 11) is -10.0. The minimum Gasteiger partial charge on any atom is -0.462 e. The van der Waals surface area contributed by atoms with Gasteiger partial charge in [-0.15, -0.1) is 0 Å². The molecule has 0 aromatic carbocycles. The Kier molecular flexibility index (Phi) is 69.7. The number of aliphatic hydroxyl groups excluding tert-OH is 1. The molecule has 19 heteroatoms. The van der Waals surface area contributed by atoms with Crippen molar-refractivity contribution >= 4 is 39.5 Å². The zero-order valence-electron chi connectivity index (χ0n) is 63.0. The number of rotatable bonds is 70. The van der Waals surface area contributed by atoms with Crippen LogP contribution in [0, 0.1) is 0 Å². The summed E-state index contributed by atoms with van der Waals surface area (Å²) in [6, 6.07) is 0. The summed E-state index contributed by atoms with van der Waals surface area (Å²) in [5.41, 5.74) is 0. The third kappa shape index (κ3) is 72.8. The zero-order chi connectivity index (χ0) is 74.6. The van der Waals surface area contributed by atoms with Crippen LogP contribution < -0.4 is 0 Å². The Labute approximate surface area is 616 Å². The van der Waals surface area contributed by atoms with Crippen molar-refractivity contribution in [2.24, 2.45) is 0 Å². The molecule has 0 rings (SSSR count). The first-order valence-electron chi connectivity index (χ1n) is 38.4. The maximum Gasteiger partial charge on any atom is 0.472 e. The van der Waals surface area contributed by atoms with Crippen LogP contribution in [0.25, 0.3) is 0 Å². The Morgan fingerprint density at radius 2 is 0.559 bits per heavy atom. The van der Waals surface area contributed by atoms with Crippen LogP contribution in [0.5, 0.6) is 0 Å². The minimum absolute atomic E-state index is 0.0574. The molecule has 0 amide bonds. The van der Waals surface area contributed by atoms with Crippen LogP contribution in [0.15, 0.2) is 170 Å². The molecule has 578 valence electrons. The highest BCUT2D eigenvalue weighted by Crippen LogP contribution is 2.45. The Morgan fingerprint density at radius 1 is 0.294 bits per heavy atom. The lowest BCUT2D eigenvalue weighted by Gasteiger charge is -2.21. The molecule has 5 atom stereocenters. The number of ether oxygens (including phenoxy) is 4. The van der Waals surface area contributed by atoms with Crippen LogP contribution in [0.3, 0.4) is 0 Å². The fraction of sp³-hybridized carbons (Fsp3) is 0.614. The van der Waals surface area contributed by atoms with Crippen LogP contribution in [0.1, 0.15) is 272 Å². The molecule has 0 aromatic rings. The first kappa shape index (κ1) is 96.4. The number of aliphatic hydroxyl groups is 1. The van der Waals surface area contributed by atoms with E-state index in [-0.39, 0.29) is 25.7 Å². The lowest BCUT2D eigenvalue weighted by atomic mass is 10.0. The van der Waals surface area contributed by atoms with Crippen molar-refractivity contribution in [1.82, 2.24) is 0 Å². The first-order valence-corrected chi connectivity index (χ1v) is 41.4. The number of esters is 4. The van der Waals surface area contributed by atoms with Gasteiger partial charge < -0.3 is 33.8 Å². The number of carbonyl (C=O) groups is 4. The second-order valence-corrected chi connectivity index (χ2v) is 27.7. The molecule has 0 aromatic heterocycles. The van der Waals surface area contributed by atoms with Crippen LogP contribution in [-0.2, 0) is 65.4 Å². The van der Waals surface area contributed by atoms with Gasteiger partial charge in [0, 0.05) is 19.3 Å². The van der Waals surface area contributed by atoms with E-state index in [0.717, 1.165) is 135 Å². The average Bonchev–Trinajstić information content (AvgIpc) is 0.939. The van der Waals surface area contributed by atoms with Gasteiger partial charge in [0.25, 0.3) is 0 Å². The topological polar surface area (TPSA) is 237 Å². The maximum atomic E-state index is 13.1. The molecule has 17 nitrogen and oxygen atoms in total. The summed E-state index contributed by atoms with van der Waals surface area (Å²) in [6.45, 7) is 4.30. The summed E-state index contributed by atoms with van der Waals surface area (Å²) >= 11 is 0. The van der Waals surface area contributed by atoms with Gasteiger partial charge in [-0.25, -0.2) is 9.13 Å². The SMILES string of the molecule is CC/C=C\C/C=C\C/C=C\C/C=C\C/C=C\CCCC(=O)OCC(COP(=O)(O)OCC(O)COP(=O)(O)OCC(COC(=O)CCCCCC/C=C\C/C=C\C/C=C\C/C=C\CC)OC(=O)CCCCCCCCCCCCCCC)OC(=O)C/C=C\C/C=C\C/C=C\C/C=C\C/C=C\CC. The number of hydrogen-bond donors (Lipinski definition) is 3. The molecule has 5 unspecified atom stereocenters. The van der Waals surface area contributed by atoms with Gasteiger partial charge in [-0.3, -0.25) is 37.3 Å². The normalized spacial score (nSPS) is 14.9. The van der Waals surface area contributed by atoms with E-state index in [9.17, 15) is 43.2 Å². The van der Waals surface area contributed by atoms with E-state index < -0.39 is 97.5 Å². The predicted molar refractivity (Wildman–Crippen MR) is 417 cm³/mol. The van der Waals surface area contributed by atoms with Gasteiger partial charge >= 0.3 is 39.5 Å². The van der Waals surface area contributed by atoms with Crippen LogP contribution in [0.4, 0.5) is 0 Å². The molecular weight excluding hydrogens is 1330 g/mol. The van der Waals surface area contributed by atoms with Gasteiger partial charge in [0.2, 0.25) is 0 Å². The van der Waals surface area contributed by atoms with Crippen molar-refractivity contribution in [3.63, 3.8) is 0 Å². The van der Waals surface area contributed by atoms with Crippen LogP contribution in [-0.4, -0.2) is 96.7 Å². The average molecular weight is 1470 g/mol. The first-order chi connectivity index (χ1) is 49.7. The third-order valence-electron chi connectivity index (χ3n) is 15.2. The van der Waals surface area contributed by atoms with Crippen molar-refractivity contribution < 1.29 is 80.2 Å². The highest BCUT2D eigenvalue weighted by atomic mass is 31.2. The highest BCUT2D eigenvalue weighted by molar-refractivity contribution is 7.47. The fourth-order valence-electron chi connectivity index (χ4n) is 9.50. The second kappa shape index (κ2) is 73.7. The predicted octanol–water partition coefficient (Wildman–Crippen LogP) is 22.2. The Balaban J connectivity index is 5.50. The number of hydrogen-bond acceptors (Lipinski definition) is 15. The van der Waals surface area contributed by atoms with E-state index in [4.69, 9.17) is 37.0 Å². The number of unbranched alkanes of at least 4 members (excludes halogenated alkanes) is 17. The summed E-state index contributed by atoms with van der Waals surface area (Å²) in [5, 5.41) is 10.6. The third-order valence-corrected chi connectivity index (χ3v) is 17.1. The smallest absolute Gasteiger partial charge is 0.462 e. The monoisotopic (exact) mass is 1460 g/mol. The van der Waals surface area contributed by atoms with Gasteiger partial charge in [-0.1, -0.05) is 288 Å². The van der Waals surface area contributed by atoms with E-state index in [1.807, 2.05) is 24.3 Å². The number of phosphoric ester groups is 2. The molecule has 0 aliphatic rings. The van der Waals surface area contributed by atoms with Crippen molar-refractivity contribution in [1.29, 1.82) is 0 Å². The van der Waals surface area contributed by atoms with E-state index in [2.05, 4.69) is 161 Å². The minimum atomic E-state index is -5.02. The molecule has 0 bridgehead atoms. The molecule has 0 aliphatic carbocycles. The molecule has 0 saturated heterocycles. The molecule has 0 saturated carbocycles. The number of carbonyl (C=O) groups excluding carboxylic acids is 4. The Hall–Kier alpha value is -5.58. The molecule has 3 N–H and O–H groups in total. The van der Waals surface area contributed by atoms with E-state index in [0.29, 0.717) is 32.1 Å². The second-order valence-electron chi connectivity index (χ2n) is 24.8. The molecule has 0 radical (unpaired) electrons. The van der Waals surface area contributed by atoms with Crippen molar-refractivity contribution in [2.75, 3.05) is 39.6 Å². The summed E-state index contributed by atoms with van der Waals surface area (Å²) in [5.74, 6) is -2.43. The standard InChI is InChI=1S/C83H134O17P2/c1-5-9-13-17-21-25-29-33-36-38-41-44-47-51-55-59-63-67-80(85)93-73-78(99-82(87)69-65-61-57-53-49-43-32-28-24-20-16-12-8-4)75-97-101(89,90)95-71-77(84)72-96-102(91,92)98-76-79(100-83(88)70-66-62-58-54-50-46-40-35-31-27-23-19-15-11-7-3)74-94-81(86)68-64-60-56-52-48-45-42-39-37-34-30-26-22-18-14-10-6-2/h9-11,13-15,21-23,25-27,33-37,40-42,44-45,50,52,54,56,62,66,77-79,84H,5-8,12,16-20,24,28-32,38-39,43,46-49,51,53,55,57-61,63-65,67-76H2,1-4H3,(H,89,90)(H,91,92)/b13-9-,14-10-,15-11-,25-21-,26-22-,27-23-,36-33-,37-34-,40-35-,44-41-,45-42-,54-50-,56-52-,66-62-. The van der Waals surface area contributed by atoms with Crippen LogP contribution in [0.2, 0.25) is 0 Å². The lowest BCUT2D eigenvalue weighted by molar-refractivity contribution is -0.161. The van der Waals surface area contributed by atoms with Gasteiger partial charge in [0.05, 0.1) is 32.8 Å². The van der Waals surface area contributed by atoms with Gasteiger partial charge in [-0.2, -0.15) is 0 Å².